The third-order valence-corrected chi connectivity index (χ3v) is 6.37. The van der Waals surface area contributed by atoms with Crippen LogP contribution in [0.5, 0.6) is 5.75 Å². The highest BCUT2D eigenvalue weighted by molar-refractivity contribution is 6.32. The number of nitrogens with zero attached hydrogens (tertiary/aromatic N) is 6. The van der Waals surface area contributed by atoms with Crippen LogP contribution in [0.1, 0.15) is 47.1 Å². The fraction of sp³-hybridized carbons (Fsp3) is 0.320. The van der Waals surface area contributed by atoms with Gasteiger partial charge in [-0.1, -0.05) is 11.6 Å². The first-order chi connectivity index (χ1) is 16.6. The fourth-order valence-electron chi connectivity index (χ4n) is 4.16. The van der Waals surface area contributed by atoms with Gasteiger partial charge in [0.25, 0.3) is 5.91 Å². The molecule has 1 amide bonds. The number of halogens is 1. The van der Waals surface area contributed by atoms with E-state index >= 15 is 0 Å². The Kier molecular flexibility index (Phi) is 6.62. The lowest BCUT2D eigenvalue weighted by Crippen LogP contribution is -2.21. The van der Waals surface area contributed by atoms with Crippen molar-refractivity contribution >= 4 is 34.4 Å². The van der Waals surface area contributed by atoms with Crippen LogP contribution in [-0.2, 0) is 0 Å². The normalized spacial score (nSPS) is 12.1. The first-order valence-electron chi connectivity index (χ1n) is 11.2. The Balaban J connectivity index is 1.90. The second-order valence-corrected chi connectivity index (χ2v) is 8.91. The minimum Gasteiger partial charge on any atom is -0.493 e. The van der Waals surface area contributed by atoms with Gasteiger partial charge in [-0.05, 0) is 51.5 Å². The van der Waals surface area contributed by atoms with E-state index in [1.165, 1.54) is 11.2 Å². The first kappa shape index (κ1) is 24.4. The van der Waals surface area contributed by atoms with Gasteiger partial charge in [-0.25, -0.2) is 14.6 Å². The van der Waals surface area contributed by atoms with Crippen LogP contribution in [-0.4, -0.2) is 56.2 Å². The number of aromatic nitrogens is 5. The molecule has 0 aliphatic rings. The summed E-state index contributed by atoms with van der Waals surface area (Å²) < 4.78 is 7.99. The van der Waals surface area contributed by atoms with Crippen LogP contribution in [0.15, 0.2) is 30.7 Å². The molecule has 35 heavy (non-hydrogen) atoms. The summed E-state index contributed by atoms with van der Waals surface area (Å²) in [6.07, 6.45) is 3.00. The lowest BCUT2D eigenvalue weighted by molar-refractivity contribution is 0.0827. The molecule has 1 aromatic carbocycles. The van der Waals surface area contributed by atoms with Gasteiger partial charge in [-0.3, -0.25) is 9.78 Å². The van der Waals surface area contributed by atoms with Crippen LogP contribution in [0.4, 0.5) is 5.82 Å². The van der Waals surface area contributed by atoms with Gasteiger partial charge in [0, 0.05) is 36.4 Å². The van der Waals surface area contributed by atoms with E-state index in [2.05, 4.69) is 15.0 Å². The van der Waals surface area contributed by atoms with Gasteiger partial charge in [0.1, 0.15) is 17.9 Å². The van der Waals surface area contributed by atoms with Crippen molar-refractivity contribution in [3.63, 3.8) is 0 Å². The number of fused-ring (bicyclic) bond motifs is 1. The number of anilines is 1. The molecule has 4 aromatic rings. The van der Waals surface area contributed by atoms with Crippen molar-refractivity contribution in [2.24, 2.45) is 0 Å². The second-order valence-electron chi connectivity index (χ2n) is 8.50. The predicted octanol–water partition coefficient (Wildman–Crippen LogP) is 4.45. The zero-order chi connectivity index (χ0) is 25.4. The number of ether oxygens (including phenoxy) is 1. The van der Waals surface area contributed by atoms with E-state index in [1.54, 1.807) is 26.4 Å². The van der Waals surface area contributed by atoms with Gasteiger partial charge in [0.15, 0.2) is 5.65 Å². The minimum absolute atomic E-state index is 0.117. The number of carbonyl (C=O) groups excluding carboxylic acids is 1. The molecular weight excluding hydrogens is 466 g/mol. The van der Waals surface area contributed by atoms with E-state index in [4.69, 9.17) is 27.2 Å². The molecule has 4 rings (SSSR count). The molecule has 0 fully saturated rings. The second kappa shape index (κ2) is 9.50. The van der Waals surface area contributed by atoms with Crippen LogP contribution in [0.3, 0.4) is 0 Å². The third kappa shape index (κ3) is 4.27. The van der Waals surface area contributed by atoms with Gasteiger partial charge in [-0.2, -0.15) is 5.10 Å². The Morgan fingerprint density at radius 1 is 1.23 bits per heavy atom. The molecule has 1 unspecified atom stereocenters. The smallest absolute Gasteiger partial charge is 0.254 e. The number of pyridine rings is 1. The van der Waals surface area contributed by atoms with Crippen molar-refractivity contribution in [3.05, 3.63) is 58.1 Å². The van der Waals surface area contributed by atoms with E-state index in [0.717, 1.165) is 27.8 Å². The molecule has 1 atom stereocenters. The van der Waals surface area contributed by atoms with Gasteiger partial charge in [0.05, 0.1) is 35.0 Å². The van der Waals surface area contributed by atoms with Gasteiger partial charge >= 0.3 is 0 Å². The van der Waals surface area contributed by atoms with Crippen LogP contribution in [0.25, 0.3) is 22.3 Å². The summed E-state index contributed by atoms with van der Waals surface area (Å²) in [6.45, 7) is 8.18. The van der Waals surface area contributed by atoms with Crippen molar-refractivity contribution < 1.29 is 9.53 Å². The number of hydrogen-bond donors (Lipinski definition) is 1. The highest BCUT2D eigenvalue weighted by Crippen LogP contribution is 2.43. The summed E-state index contributed by atoms with van der Waals surface area (Å²) in [5, 5.41) is 6.00. The van der Waals surface area contributed by atoms with E-state index in [1.807, 2.05) is 44.5 Å². The molecule has 0 saturated heterocycles. The molecule has 10 heteroatoms. The molecule has 0 spiro atoms. The summed E-state index contributed by atoms with van der Waals surface area (Å²) in [7, 11) is 3.41. The largest absolute Gasteiger partial charge is 0.493 e. The molecule has 3 heterocycles. The zero-order valence-corrected chi connectivity index (χ0v) is 21.4. The number of benzene rings is 1. The average Bonchev–Trinajstić information content (AvgIpc) is 3.18. The van der Waals surface area contributed by atoms with Gasteiger partial charge in [0.2, 0.25) is 0 Å². The van der Waals surface area contributed by atoms with Crippen LogP contribution in [0, 0.1) is 13.8 Å². The fourth-order valence-corrected chi connectivity index (χ4v) is 4.37. The van der Waals surface area contributed by atoms with Gasteiger partial charge in [-0.15, -0.1) is 0 Å². The van der Waals surface area contributed by atoms with E-state index in [9.17, 15) is 4.79 Å². The van der Waals surface area contributed by atoms with Crippen molar-refractivity contribution in [1.29, 1.82) is 0 Å². The van der Waals surface area contributed by atoms with Crippen LogP contribution in [0.2, 0.25) is 5.02 Å². The molecule has 2 N–H and O–H groups in total. The van der Waals surface area contributed by atoms with Crippen molar-refractivity contribution in [1.82, 2.24) is 29.6 Å². The molecule has 182 valence electrons. The number of hydrogen-bond acceptors (Lipinski definition) is 7. The molecule has 0 bridgehead atoms. The molecule has 0 aliphatic heterocycles. The average molecular weight is 494 g/mol. The lowest BCUT2D eigenvalue weighted by atomic mass is 9.96. The quantitative estimate of drug-likeness (QED) is 0.422. The molecular formula is C25H28ClN7O2. The number of carbonyl (C=O) groups is 1. The Morgan fingerprint density at radius 3 is 2.60 bits per heavy atom. The number of nitrogens with two attached hydrogens (primary N) is 1. The predicted molar refractivity (Wildman–Crippen MR) is 137 cm³/mol. The SMILES string of the molecule is CCOc1c(C(C)n2nc(C)c3c(N)ncnc32)cc(Cl)c(C)c1-c1ccc(C(=O)N(C)C)cn1. The van der Waals surface area contributed by atoms with Crippen molar-refractivity contribution in [2.45, 2.75) is 33.7 Å². The Morgan fingerprint density at radius 2 is 1.97 bits per heavy atom. The number of amides is 1. The Labute approximate surface area is 208 Å². The molecule has 0 radical (unpaired) electrons. The van der Waals surface area contributed by atoms with E-state index < -0.39 is 0 Å². The van der Waals surface area contributed by atoms with E-state index in [-0.39, 0.29) is 11.9 Å². The maximum absolute atomic E-state index is 12.3. The number of aryl methyl sites for hydroxylation is 1. The first-order valence-corrected chi connectivity index (χ1v) is 11.6. The zero-order valence-electron chi connectivity index (χ0n) is 20.6. The molecule has 3 aromatic heterocycles. The van der Waals surface area contributed by atoms with Crippen molar-refractivity contribution in [3.8, 4) is 17.0 Å². The maximum atomic E-state index is 12.3. The summed E-state index contributed by atoms with van der Waals surface area (Å²) in [4.78, 5) is 27.0. The molecule has 0 saturated carbocycles. The van der Waals surface area contributed by atoms with Crippen LogP contribution < -0.4 is 10.5 Å². The number of nitrogen functional groups attached to an aromatic ring is 1. The standard InChI is InChI=1S/C25H28ClN7O2/c1-7-35-22-17(15(4)33-24-21(14(3)31-33)23(27)29-12-30-24)10-18(26)13(2)20(22)19-9-8-16(11-28-19)25(34)32(5)6/h8-12,15H,7H2,1-6H3,(H2,27,29,30). The molecule has 0 aliphatic carbocycles. The highest BCUT2D eigenvalue weighted by atomic mass is 35.5. The topological polar surface area (TPSA) is 112 Å². The number of rotatable bonds is 6. The Hall–Kier alpha value is -3.72. The Bertz CT molecular complexity index is 1410. The van der Waals surface area contributed by atoms with E-state index in [0.29, 0.717) is 40.1 Å². The highest BCUT2D eigenvalue weighted by Gasteiger charge is 2.26. The van der Waals surface area contributed by atoms with Crippen molar-refractivity contribution in [2.75, 3.05) is 26.4 Å². The summed E-state index contributed by atoms with van der Waals surface area (Å²) in [5.74, 6) is 0.924. The minimum atomic E-state index is -0.284. The third-order valence-electron chi connectivity index (χ3n) is 5.98. The maximum Gasteiger partial charge on any atom is 0.254 e. The summed E-state index contributed by atoms with van der Waals surface area (Å²) >= 11 is 6.73. The summed E-state index contributed by atoms with van der Waals surface area (Å²) in [5.41, 5.74) is 11.1. The lowest BCUT2D eigenvalue weighted by Gasteiger charge is -2.23. The monoisotopic (exact) mass is 493 g/mol. The summed E-state index contributed by atoms with van der Waals surface area (Å²) in [6, 6.07) is 5.18. The molecule has 9 nitrogen and oxygen atoms in total. The van der Waals surface area contributed by atoms with Crippen LogP contribution >= 0.6 is 11.6 Å². The van der Waals surface area contributed by atoms with Gasteiger partial charge < -0.3 is 15.4 Å².